The summed E-state index contributed by atoms with van der Waals surface area (Å²) in [5.41, 5.74) is 2.61. The van der Waals surface area contributed by atoms with E-state index in [2.05, 4.69) is 15.4 Å². The number of fused-ring (bicyclic) bond motifs is 1. The van der Waals surface area contributed by atoms with Crippen molar-refractivity contribution in [3.8, 4) is 5.75 Å². The molecule has 8 nitrogen and oxygen atoms in total. The van der Waals surface area contributed by atoms with Crippen molar-refractivity contribution in [3.63, 3.8) is 0 Å². The van der Waals surface area contributed by atoms with E-state index in [4.69, 9.17) is 4.74 Å². The Bertz CT molecular complexity index is 1030. The molecule has 0 saturated heterocycles. The maximum Gasteiger partial charge on any atom is 0.308 e. The minimum absolute atomic E-state index is 0.00370. The van der Waals surface area contributed by atoms with Gasteiger partial charge in [0.25, 0.3) is 5.91 Å². The maximum atomic E-state index is 12.5. The summed E-state index contributed by atoms with van der Waals surface area (Å²) in [6.07, 6.45) is 1.72. The number of benzene rings is 1. The van der Waals surface area contributed by atoms with E-state index in [9.17, 15) is 14.7 Å². The van der Waals surface area contributed by atoms with Gasteiger partial charge in [-0.25, -0.2) is 4.98 Å². The van der Waals surface area contributed by atoms with Gasteiger partial charge in [0.2, 0.25) is 0 Å². The van der Waals surface area contributed by atoms with E-state index in [1.807, 2.05) is 25.1 Å². The van der Waals surface area contributed by atoms with Crippen LogP contribution >= 0.6 is 0 Å². The van der Waals surface area contributed by atoms with Gasteiger partial charge >= 0.3 is 5.97 Å². The predicted molar refractivity (Wildman–Crippen MR) is 103 cm³/mol. The fourth-order valence-electron chi connectivity index (χ4n) is 3.13. The number of methoxy groups -OCH3 is 1. The van der Waals surface area contributed by atoms with Crippen molar-refractivity contribution in [2.24, 2.45) is 13.0 Å². The van der Waals surface area contributed by atoms with Gasteiger partial charge in [0.05, 0.1) is 24.3 Å². The van der Waals surface area contributed by atoms with E-state index < -0.39 is 11.9 Å². The molecule has 0 radical (unpaired) electrons. The number of aromatic nitrogens is 3. The van der Waals surface area contributed by atoms with Crippen molar-refractivity contribution in [3.05, 3.63) is 53.3 Å². The second kappa shape index (κ2) is 8.08. The highest BCUT2D eigenvalue weighted by Gasteiger charge is 2.21. The lowest BCUT2D eigenvalue weighted by Crippen LogP contribution is -2.34. The number of amides is 1. The largest absolute Gasteiger partial charge is 0.496 e. The van der Waals surface area contributed by atoms with Gasteiger partial charge in [-0.2, -0.15) is 5.10 Å². The average Bonchev–Trinajstić information content (AvgIpc) is 2.98. The molecule has 1 amide bonds. The molecule has 2 N–H and O–H groups in total. The minimum Gasteiger partial charge on any atom is -0.496 e. The quantitative estimate of drug-likeness (QED) is 0.647. The standard InChI is InChI=1S/C20H22N4O4/c1-12-16-9-14(10-21-18(16)24(2)23-12)19(25)22-11-15(20(26)27)8-13-6-4-5-7-17(13)28-3/h4-7,9-10,15H,8,11H2,1-3H3,(H,22,25)(H,26,27). The van der Waals surface area contributed by atoms with Crippen molar-refractivity contribution in [1.29, 1.82) is 0 Å². The Kier molecular flexibility index (Phi) is 5.58. The number of ether oxygens (including phenoxy) is 1. The van der Waals surface area contributed by atoms with Crippen LogP contribution in [-0.2, 0) is 18.3 Å². The molecule has 1 aromatic carbocycles. The van der Waals surface area contributed by atoms with E-state index in [0.29, 0.717) is 17.0 Å². The van der Waals surface area contributed by atoms with Crippen molar-refractivity contribution >= 4 is 22.9 Å². The van der Waals surface area contributed by atoms with Crippen LogP contribution in [0.2, 0.25) is 0 Å². The molecule has 0 fully saturated rings. The lowest BCUT2D eigenvalue weighted by atomic mass is 9.98. The van der Waals surface area contributed by atoms with Crippen LogP contribution < -0.4 is 10.1 Å². The van der Waals surface area contributed by atoms with Crippen molar-refractivity contribution in [2.75, 3.05) is 13.7 Å². The Labute approximate surface area is 162 Å². The molecule has 2 heterocycles. The summed E-state index contributed by atoms with van der Waals surface area (Å²) < 4.78 is 6.93. The van der Waals surface area contributed by atoms with Crippen LogP contribution in [0.5, 0.6) is 5.75 Å². The molecule has 0 aliphatic heterocycles. The first-order chi connectivity index (χ1) is 13.4. The fourth-order valence-corrected chi connectivity index (χ4v) is 3.13. The number of hydrogen-bond acceptors (Lipinski definition) is 5. The summed E-state index contributed by atoms with van der Waals surface area (Å²) in [5, 5.41) is 17.3. The number of nitrogens with one attached hydrogen (secondary N) is 1. The maximum absolute atomic E-state index is 12.5. The number of hydrogen-bond donors (Lipinski definition) is 2. The fraction of sp³-hybridized carbons (Fsp3) is 0.300. The van der Waals surface area contributed by atoms with Crippen LogP contribution in [0.4, 0.5) is 0 Å². The van der Waals surface area contributed by atoms with Crippen LogP contribution in [0.1, 0.15) is 21.6 Å². The van der Waals surface area contributed by atoms with Gasteiger partial charge in [-0.1, -0.05) is 18.2 Å². The highest BCUT2D eigenvalue weighted by atomic mass is 16.5. The van der Waals surface area contributed by atoms with Crippen LogP contribution in [0.15, 0.2) is 36.5 Å². The van der Waals surface area contributed by atoms with Gasteiger partial charge in [0, 0.05) is 25.2 Å². The van der Waals surface area contributed by atoms with Gasteiger partial charge in [0.15, 0.2) is 5.65 Å². The smallest absolute Gasteiger partial charge is 0.308 e. The highest BCUT2D eigenvalue weighted by molar-refractivity contribution is 5.97. The van der Waals surface area contributed by atoms with Gasteiger partial charge < -0.3 is 15.2 Å². The van der Waals surface area contributed by atoms with Gasteiger partial charge in [-0.05, 0) is 31.0 Å². The van der Waals surface area contributed by atoms with Crippen LogP contribution in [0.3, 0.4) is 0 Å². The number of carbonyl (C=O) groups is 2. The van der Waals surface area contributed by atoms with Crippen molar-refractivity contribution in [2.45, 2.75) is 13.3 Å². The van der Waals surface area contributed by atoms with Crippen molar-refractivity contribution in [1.82, 2.24) is 20.1 Å². The first-order valence-electron chi connectivity index (χ1n) is 8.83. The number of rotatable bonds is 7. The molecule has 1 unspecified atom stereocenters. The van der Waals surface area contributed by atoms with Crippen LogP contribution in [0, 0.1) is 12.8 Å². The molecular weight excluding hydrogens is 360 g/mol. The minimum atomic E-state index is -0.983. The molecule has 146 valence electrons. The molecular formula is C20H22N4O4. The lowest BCUT2D eigenvalue weighted by molar-refractivity contribution is -0.141. The third-order valence-electron chi connectivity index (χ3n) is 4.64. The van der Waals surface area contributed by atoms with E-state index >= 15 is 0 Å². The molecule has 2 aromatic heterocycles. The second-order valence-corrected chi connectivity index (χ2v) is 6.57. The number of aliphatic carboxylic acids is 1. The third kappa shape index (κ3) is 3.95. The number of carboxylic acid groups (broad SMARTS) is 1. The Morgan fingerprint density at radius 2 is 2.07 bits per heavy atom. The molecule has 1 atom stereocenters. The van der Waals surface area contributed by atoms with E-state index in [1.165, 1.54) is 6.20 Å². The molecule has 28 heavy (non-hydrogen) atoms. The molecule has 0 aliphatic rings. The molecule has 3 aromatic rings. The number of para-hydroxylation sites is 1. The molecule has 0 bridgehead atoms. The number of nitrogens with zero attached hydrogens (tertiary/aromatic N) is 3. The second-order valence-electron chi connectivity index (χ2n) is 6.57. The number of aryl methyl sites for hydroxylation is 2. The summed E-state index contributed by atoms with van der Waals surface area (Å²) in [6.45, 7) is 1.84. The summed E-state index contributed by atoms with van der Waals surface area (Å²) in [6, 6.07) is 8.97. The molecule has 0 aliphatic carbocycles. The zero-order valence-corrected chi connectivity index (χ0v) is 16.0. The summed E-state index contributed by atoms with van der Waals surface area (Å²) in [5.74, 6) is -1.51. The van der Waals surface area contributed by atoms with Gasteiger partial charge in [-0.15, -0.1) is 0 Å². The third-order valence-corrected chi connectivity index (χ3v) is 4.64. The van der Waals surface area contributed by atoms with Gasteiger partial charge in [-0.3, -0.25) is 14.3 Å². The highest BCUT2D eigenvalue weighted by Crippen LogP contribution is 2.21. The average molecular weight is 382 g/mol. The number of carboxylic acids is 1. The Balaban J connectivity index is 1.72. The zero-order valence-electron chi connectivity index (χ0n) is 16.0. The van der Waals surface area contributed by atoms with E-state index in [-0.39, 0.29) is 18.9 Å². The molecule has 0 saturated carbocycles. The number of pyridine rings is 1. The Morgan fingerprint density at radius 3 is 2.79 bits per heavy atom. The molecule has 8 heteroatoms. The number of carbonyl (C=O) groups excluding carboxylic acids is 1. The van der Waals surface area contributed by atoms with E-state index in [1.54, 1.807) is 31.0 Å². The first-order valence-corrected chi connectivity index (χ1v) is 8.83. The molecule has 0 spiro atoms. The summed E-state index contributed by atoms with van der Waals surface area (Å²) >= 11 is 0. The monoisotopic (exact) mass is 382 g/mol. The SMILES string of the molecule is COc1ccccc1CC(CNC(=O)c1cnc2c(c1)c(C)nn2C)C(=O)O. The van der Waals surface area contributed by atoms with Crippen LogP contribution in [-0.4, -0.2) is 45.4 Å². The van der Waals surface area contributed by atoms with Crippen LogP contribution in [0.25, 0.3) is 11.0 Å². The summed E-state index contributed by atoms with van der Waals surface area (Å²) in [7, 11) is 3.33. The van der Waals surface area contributed by atoms with Crippen molar-refractivity contribution < 1.29 is 19.4 Å². The lowest BCUT2D eigenvalue weighted by Gasteiger charge is -2.15. The van der Waals surface area contributed by atoms with E-state index in [0.717, 1.165) is 16.6 Å². The Morgan fingerprint density at radius 1 is 1.32 bits per heavy atom. The topological polar surface area (TPSA) is 106 Å². The summed E-state index contributed by atoms with van der Waals surface area (Å²) in [4.78, 5) is 28.5. The zero-order chi connectivity index (χ0) is 20.3. The molecule has 3 rings (SSSR count). The van der Waals surface area contributed by atoms with Gasteiger partial charge in [0.1, 0.15) is 5.75 Å². The Hall–Kier alpha value is -3.42. The normalized spacial score (nSPS) is 12.0. The predicted octanol–water partition coefficient (Wildman–Crippen LogP) is 1.96. The first kappa shape index (κ1) is 19.3.